The van der Waals surface area contributed by atoms with Crippen molar-refractivity contribution in [2.45, 2.75) is 44.2 Å². The molecule has 0 unspecified atom stereocenters. The van der Waals surface area contributed by atoms with E-state index in [1.165, 1.54) is 0 Å². The van der Waals surface area contributed by atoms with E-state index >= 15 is 0 Å². The molecule has 0 aromatic heterocycles. The van der Waals surface area contributed by atoms with Crippen molar-refractivity contribution in [2.24, 2.45) is 16.6 Å². The summed E-state index contributed by atoms with van der Waals surface area (Å²) in [6.45, 7) is 2.20. The summed E-state index contributed by atoms with van der Waals surface area (Å²) in [5, 5.41) is 0. The molecule has 0 saturated heterocycles. The van der Waals surface area contributed by atoms with E-state index in [1.54, 1.807) is 0 Å². The molecular weight excluding hydrogens is 178 g/mol. The van der Waals surface area contributed by atoms with E-state index in [1.807, 2.05) is 4.90 Å². The van der Waals surface area contributed by atoms with Gasteiger partial charge in [-0.15, -0.1) is 0 Å². The van der Waals surface area contributed by atoms with E-state index in [0.717, 1.165) is 25.7 Å². The molecule has 0 aromatic rings. The normalized spacial score (nSPS) is 41.5. The maximum Gasteiger partial charge on any atom is 0.346 e. The predicted molar refractivity (Wildman–Crippen MR) is 53.0 cm³/mol. The third kappa shape index (κ3) is 0.837. The van der Waals surface area contributed by atoms with Crippen LogP contribution in [0, 0.1) is 5.92 Å². The third-order valence-corrected chi connectivity index (χ3v) is 3.64. The van der Waals surface area contributed by atoms with Gasteiger partial charge in [0.15, 0.2) is 0 Å². The van der Waals surface area contributed by atoms with Crippen molar-refractivity contribution in [3.05, 3.63) is 0 Å². The highest BCUT2D eigenvalue weighted by Crippen LogP contribution is 2.49. The molecule has 0 radical (unpaired) electrons. The molecule has 1 heterocycles. The van der Waals surface area contributed by atoms with Crippen LogP contribution in [-0.2, 0) is 0 Å². The molecule has 2 N–H and O–H groups in total. The predicted octanol–water partition coefficient (Wildman–Crippen LogP) is 1.11. The van der Waals surface area contributed by atoms with Gasteiger partial charge in [0.25, 0.3) is 0 Å². The Kier molecular flexibility index (Phi) is 1.36. The monoisotopic (exact) mass is 193 g/mol. The molecular formula is C10H15N3O. The van der Waals surface area contributed by atoms with Crippen molar-refractivity contribution >= 4 is 11.9 Å². The SMILES string of the molecule is CC1CC2(C1)C(N)=NC(=O)N2C1CC1. The van der Waals surface area contributed by atoms with E-state index in [9.17, 15) is 4.79 Å². The lowest BCUT2D eigenvalue weighted by molar-refractivity contribution is 0.0712. The van der Waals surface area contributed by atoms with Gasteiger partial charge in [0, 0.05) is 6.04 Å². The molecule has 2 fully saturated rings. The number of nitrogens with two attached hydrogens (primary N) is 1. The minimum atomic E-state index is -0.169. The lowest BCUT2D eigenvalue weighted by atomic mass is 9.67. The highest BCUT2D eigenvalue weighted by atomic mass is 16.2. The fraction of sp³-hybridized carbons (Fsp3) is 0.800. The number of amidine groups is 1. The molecule has 4 nitrogen and oxygen atoms in total. The summed E-state index contributed by atoms with van der Waals surface area (Å²) in [5.74, 6) is 1.24. The minimum absolute atomic E-state index is 0.100. The van der Waals surface area contributed by atoms with Gasteiger partial charge in [-0.05, 0) is 31.6 Å². The number of aliphatic imine (C=N–C) groups is 1. The van der Waals surface area contributed by atoms with Gasteiger partial charge in [0.2, 0.25) is 0 Å². The quantitative estimate of drug-likeness (QED) is 0.678. The highest BCUT2D eigenvalue weighted by Gasteiger charge is 2.59. The van der Waals surface area contributed by atoms with Gasteiger partial charge in [-0.1, -0.05) is 6.92 Å². The Morgan fingerprint density at radius 1 is 1.50 bits per heavy atom. The first kappa shape index (κ1) is 8.26. The summed E-state index contributed by atoms with van der Waals surface area (Å²) in [6.07, 6.45) is 4.27. The third-order valence-electron chi connectivity index (χ3n) is 3.64. The van der Waals surface area contributed by atoms with E-state index in [0.29, 0.717) is 17.8 Å². The number of hydrogen-bond acceptors (Lipinski definition) is 2. The van der Waals surface area contributed by atoms with Crippen LogP contribution in [0.1, 0.15) is 32.6 Å². The van der Waals surface area contributed by atoms with Gasteiger partial charge in [0.1, 0.15) is 11.4 Å². The fourth-order valence-electron chi connectivity index (χ4n) is 2.90. The smallest absolute Gasteiger partial charge is 0.346 e. The summed E-state index contributed by atoms with van der Waals surface area (Å²) >= 11 is 0. The Morgan fingerprint density at radius 2 is 2.14 bits per heavy atom. The standard InChI is InChI=1S/C10H15N3O/c1-6-4-10(5-6)8(11)12-9(14)13(10)7-2-3-7/h6-7H,2-5H2,1H3,(H2,11,12,14). The van der Waals surface area contributed by atoms with Crippen molar-refractivity contribution < 1.29 is 4.79 Å². The Hall–Kier alpha value is -1.06. The summed E-state index contributed by atoms with van der Waals surface area (Å²) in [7, 11) is 0. The molecule has 3 aliphatic rings. The number of urea groups is 1. The van der Waals surface area contributed by atoms with Crippen molar-refractivity contribution in [3.63, 3.8) is 0 Å². The van der Waals surface area contributed by atoms with Crippen LogP contribution in [0.2, 0.25) is 0 Å². The second-order valence-electron chi connectivity index (χ2n) is 4.93. The fourth-order valence-corrected chi connectivity index (χ4v) is 2.90. The van der Waals surface area contributed by atoms with Crippen molar-refractivity contribution in [1.82, 2.24) is 4.90 Å². The molecule has 14 heavy (non-hydrogen) atoms. The van der Waals surface area contributed by atoms with Gasteiger partial charge >= 0.3 is 6.03 Å². The molecule has 76 valence electrons. The van der Waals surface area contributed by atoms with Crippen LogP contribution in [0.15, 0.2) is 4.99 Å². The molecule has 1 aliphatic heterocycles. The Bertz CT molecular complexity index is 326. The van der Waals surface area contributed by atoms with Crippen molar-refractivity contribution in [2.75, 3.05) is 0 Å². The van der Waals surface area contributed by atoms with Crippen LogP contribution in [0.3, 0.4) is 0 Å². The molecule has 0 bridgehead atoms. The number of carbonyl (C=O) groups is 1. The average molecular weight is 193 g/mol. The van der Waals surface area contributed by atoms with Gasteiger partial charge < -0.3 is 10.6 Å². The first-order chi connectivity index (χ1) is 6.63. The van der Waals surface area contributed by atoms with E-state index in [4.69, 9.17) is 5.73 Å². The summed E-state index contributed by atoms with van der Waals surface area (Å²) in [6, 6.07) is 0.330. The van der Waals surface area contributed by atoms with E-state index in [-0.39, 0.29) is 11.6 Å². The van der Waals surface area contributed by atoms with Crippen LogP contribution in [0.5, 0.6) is 0 Å². The number of amides is 2. The lowest BCUT2D eigenvalue weighted by Crippen LogP contribution is -2.62. The Morgan fingerprint density at radius 3 is 2.64 bits per heavy atom. The van der Waals surface area contributed by atoms with E-state index in [2.05, 4.69) is 11.9 Å². The summed E-state index contributed by atoms with van der Waals surface area (Å²) < 4.78 is 0. The maximum absolute atomic E-state index is 11.6. The molecule has 0 aromatic carbocycles. The molecule has 1 spiro atoms. The van der Waals surface area contributed by atoms with Gasteiger partial charge in [-0.2, -0.15) is 4.99 Å². The van der Waals surface area contributed by atoms with Gasteiger partial charge in [-0.3, -0.25) is 0 Å². The largest absolute Gasteiger partial charge is 0.385 e. The molecule has 4 heteroatoms. The number of hydrogen-bond donors (Lipinski definition) is 1. The molecule has 0 atom stereocenters. The molecule has 3 rings (SSSR count). The van der Waals surface area contributed by atoms with Crippen LogP contribution in [0.4, 0.5) is 4.79 Å². The lowest BCUT2D eigenvalue weighted by Gasteiger charge is -2.49. The zero-order chi connectivity index (χ0) is 9.92. The second-order valence-corrected chi connectivity index (χ2v) is 4.93. The van der Waals surface area contributed by atoms with Crippen molar-refractivity contribution in [3.8, 4) is 0 Å². The second kappa shape index (κ2) is 2.30. The van der Waals surface area contributed by atoms with E-state index < -0.39 is 0 Å². The van der Waals surface area contributed by atoms with Crippen LogP contribution in [0.25, 0.3) is 0 Å². The zero-order valence-electron chi connectivity index (χ0n) is 8.36. The van der Waals surface area contributed by atoms with Crippen LogP contribution >= 0.6 is 0 Å². The van der Waals surface area contributed by atoms with Crippen molar-refractivity contribution in [1.29, 1.82) is 0 Å². The van der Waals surface area contributed by atoms with Crippen LogP contribution < -0.4 is 5.73 Å². The van der Waals surface area contributed by atoms with Crippen LogP contribution in [-0.4, -0.2) is 28.3 Å². The highest BCUT2D eigenvalue weighted by molar-refractivity contribution is 6.06. The summed E-state index contributed by atoms with van der Waals surface area (Å²) in [5.41, 5.74) is 5.70. The molecule has 2 amide bonds. The number of nitrogens with zero attached hydrogens (tertiary/aromatic N) is 2. The summed E-state index contributed by atoms with van der Waals surface area (Å²) in [4.78, 5) is 17.5. The number of rotatable bonds is 1. The first-order valence-electron chi connectivity index (χ1n) is 5.31. The average Bonchev–Trinajstić information content (AvgIpc) is 2.81. The Labute approximate surface area is 83.2 Å². The van der Waals surface area contributed by atoms with Gasteiger partial charge in [0.05, 0.1) is 0 Å². The molecule has 2 saturated carbocycles. The topological polar surface area (TPSA) is 58.7 Å². The molecule has 2 aliphatic carbocycles. The minimum Gasteiger partial charge on any atom is -0.385 e. The van der Waals surface area contributed by atoms with Gasteiger partial charge in [-0.25, -0.2) is 4.79 Å². The first-order valence-corrected chi connectivity index (χ1v) is 5.31. The number of carbonyl (C=O) groups excluding carboxylic acids is 1. The zero-order valence-corrected chi connectivity index (χ0v) is 8.36. The maximum atomic E-state index is 11.6. The Balaban J connectivity index is 1.93.